The molecule has 0 amide bonds. The van der Waals surface area contributed by atoms with Crippen LogP contribution in [0.1, 0.15) is 71.1 Å². The van der Waals surface area contributed by atoms with Crippen molar-refractivity contribution in [1.29, 1.82) is 5.26 Å². The fraction of sp³-hybridized carbons (Fsp3) is 0.842. The number of hydrogen-bond acceptors (Lipinski definition) is 2. The molecule has 2 nitrogen and oxygen atoms in total. The molecule has 2 aliphatic carbocycles. The van der Waals surface area contributed by atoms with Crippen molar-refractivity contribution in [2.24, 2.45) is 23.7 Å². The lowest BCUT2D eigenvalue weighted by Crippen LogP contribution is -2.26. The predicted octanol–water partition coefficient (Wildman–Crippen LogP) is 5.45. The van der Waals surface area contributed by atoms with Gasteiger partial charge < -0.3 is 4.74 Å². The van der Waals surface area contributed by atoms with Crippen molar-refractivity contribution in [3.63, 3.8) is 0 Å². The fourth-order valence-electron chi connectivity index (χ4n) is 4.04. The number of nitriles is 1. The van der Waals surface area contributed by atoms with Gasteiger partial charge in [-0.25, -0.2) is 0 Å². The molecule has 0 bridgehead atoms. The summed E-state index contributed by atoms with van der Waals surface area (Å²) in [5.41, 5.74) is 0. The van der Waals surface area contributed by atoms with Crippen LogP contribution in [0, 0.1) is 35.0 Å². The zero-order chi connectivity index (χ0) is 14.9. The summed E-state index contributed by atoms with van der Waals surface area (Å²) in [5.74, 6) is 2.95. The monoisotopic (exact) mass is 289 g/mol. The van der Waals surface area contributed by atoms with Crippen molar-refractivity contribution >= 4 is 0 Å². The Labute approximate surface area is 130 Å². The first-order valence-electron chi connectivity index (χ1n) is 8.99. The SMILES string of the molecule is CCCC=COC[C@H]1CC[C@H]([C@H]2CC[C@H](C#N)CC2)CC1. The summed E-state index contributed by atoms with van der Waals surface area (Å²) < 4.78 is 5.67. The number of hydrogen-bond donors (Lipinski definition) is 0. The van der Waals surface area contributed by atoms with Crippen LogP contribution in [0.4, 0.5) is 0 Å². The fourth-order valence-corrected chi connectivity index (χ4v) is 4.04. The second-order valence-electron chi connectivity index (χ2n) is 7.02. The van der Waals surface area contributed by atoms with Gasteiger partial charge >= 0.3 is 0 Å². The highest BCUT2D eigenvalue weighted by Gasteiger charge is 2.30. The van der Waals surface area contributed by atoms with Crippen molar-refractivity contribution in [3.05, 3.63) is 12.3 Å². The molecule has 0 radical (unpaired) electrons. The number of ether oxygens (including phenoxy) is 1. The average molecular weight is 289 g/mol. The van der Waals surface area contributed by atoms with Gasteiger partial charge in [0.05, 0.1) is 18.9 Å². The number of allylic oxidation sites excluding steroid dienone is 1. The molecule has 21 heavy (non-hydrogen) atoms. The molecule has 0 unspecified atom stereocenters. The highest BCUT2D eigenvalue weighted by Crippen LogP contribution is 2.41. The van der Waals surface area contributed by atoms with Crippen LogP contribution >= 0.6 is 0 Å². The Morgan fingerprint density at radius 2 is 1.62 bits per heavy atom. The highest BCUT2D eigenvalue weighted by molar-refractivity contribution is 4.89. The molecule has 118 valence electrons. The van der Waals surface area contributed by atoms with Gasteiger partial charge in [-0.1, -0.05) is 13.3 Å². The van der Waals surface area contributed by atoms with E-state index in [1.54, 1.807) is 0 Å². The van der Waals surface area contributed by atoms with Crippen LogP contribution < -0.4 is 0 Å². The maximum Gasteiger partial charge on any atom is 0.0901 e. The first-order valence-corrected chi connectivity index (χ1v) is 8.99. The molecule has 2 saturated carbocycles. The Kier molecular flexibility index (Phi) is 7.13. The molecule has 2 rings (SSSR count). The second kappa shape index (κ2) is 9.13. The third kappa shape index (κ3) is 5.38. The molecular weight excluding hydrogens is 258 g/mol. The summed E-state index contributed by atoms with van der Waals surface area (Å²) in [7, 11) is 0. The second-order valence-corrected chi connectivity index (χ2v) is 7.02. The van der Waals surface area contributed by atoms with Crippen molar-refractivity contribution in [2.75, 3.05) is 6.61 Å². The summed E-state index contributed by atoms with van der Waals surface area (Å²) in [4.78, 5) is 0. The molecule has 0 aliphatic heterocycles. The van der Waals surface area contributed by atoms with Gasteiger partial charge in [0.15, 0.2) is 0 Å². The molecule has 0 saturated heterocycles. The minimum Gasteiger partial charge on any atom is -0.501 e. The van der Waals surface area contributed by atoms with E-state index >= 15 is 0 Å². The zero-order valence-corrected chi connectivity index (χ0v) is 13.6. The van der Waals surface area contributed by atoms with Gasteiger partial charge in [-0.2, -0.15) is 5.26 Å². The highest BCUT2D eigenvalue weighted by atomic mass is 16.5. The summed E-state index contributed by atoms with van der Waals surface area (Å²) in [6, 6.07) is 2.45. The largest absolute Gasteiger partial charge is 0.501 e. The molecule has 0 aromatic heterocycles. The number of nitrogens with zero attached hydrogens (tertiary/aromatic N) is 1. The van der Waals surface area contributed by atoms with E-state index in [1.807, 2.05) is 6.26 Å². The van der Waals surface area contributed by atoms with Gasteiger partial charge in [-0.05, 0) is 81.6 Å². The Bertz CT molecular complexity index is 341. The maximum atomic E-state index is 8.99. The van der Waals surface area contributed by atoms with Gasteiger partial charge in [0.25, 0.3) is 0 Å². The smallest absolute Gasteiger partial charge is 0.0901 e. The Balaban J connectivity index is 1.61. The van der Waals surface area contributed by atoms with Crippen molar-refractivity contribution < 1.29 is 4.74 Å². The van der Waals surface area contributed by atoms with E-state index in [0.29, 0.717) is 5.92 Å². The van der Waals surface area contributed by atoms with Crippen LogP contribution in [0.15, 0.2) is 12.3 Å². The number of unbranched alkanes of at least 4 members (excludes halogenated alkanes) is 1. The summed E-state index contributed by atoms with van der Waals surface area (Å²) in [6.07, 6.45) is 16.7. The summed E-state index contributed by atoms with van der Waals surface area (Å²) >= 11 is 0. The van der Waals surface area contributed by atoms with Gasteiger partial charge in [-0.15, -0.1) is 0 Å². The van der Waals surface area contributed by atoms with Gasteiger partial charge in [0, 0.05) is 5.92 Å². The molecular formula is C19H31NO. The third-order valence-corrected chi connectivity index (χ3v) is 5.49. The summed E-state index contributed by atoms with van der Waals surface area (Å²) in [5, 5.41) is 8.99. The van der Waals surface area contributed by atoms with E-state index in [-0.39, 0.29) is 0 Å². The van der Waals surface area contributed by atoms with Crippen LogP contribution in [0.25, 0.3) is 0 Å². The normalized spacial score (nSPS) is 33.7. The van der Waals surface area contributed by atoms with Crippen molar-refractivity contribution in [2.45, 2.75) is 71.1 Å². The average Bonchev–Trinajstić information content (AvgIpc) is 2.55. The van der Waals surface area contributed by atoms with Crippen LogP contribution in [-0.2, 0) is 4.74 Å². The van der Waals surface area contributed by atoms with Crippen molar-refractivity contribution in [3.8, 4) is 6.07 Å². The van der Waals surface area contributed by atoms with Gasteiger partial charge in [-0.3, -0.25) is 0 Å². The van der Waals surface area contributed by atoms with Crippen LogP contribution in [0.5, 0.6) is 0 Å². The van der Waals surface area contributed by atoms with E-state index in [0.717, 1.165) is 43.6 Å². The minimum absolute atomic E-state index is 0.348. The van der Waals surface area contributed by atoms with Gasteiger partial charge in [0.1, 0.15) is 0 Å². The molecule has 0 N–H and O–H groups in total. The lowest BCUT2D eigenvalue weighted by atomic mass is 9.69. The van der Waals surface area contributed by atoms with Crippen LogP contribution in [0.2, 0.25) is 0 Å². The predicted molar refractivity (Wildman–Crippen MR) is 86.5 cm³/mol. The molecule has 2 fully saturated rings. The van der Waals surface area contributed by atoms with E-state index in [9.17, 15) is 0 Å². The van der Waals surface area contributed by atoms with E-state index in [2.05, 4.69) is 19.1 Å². The third-order valence-electron chi connectivity index (χ3n) is 5.49. The molecule has 0 aromatic carbocycles. The Morgan fingerprint density at radius 3 is 2.19 bits per heavy atom. The van der Waals surface area contributed by atoms with Crippen LogP contribution in [-0.4, -0.2) is 6.61 Å². The topological polar surface area (TPSA) is 33.0 Å². The molecule has 2 aliphatic rings. The lowest BCUT2D eigenvalue weighted by molar-refractivity contribution is 0.113. The first-order chi connectivity index (χ1) is 10.3. The van der Waals surface area contributed by atoms with Crippen molar-refractivity contribution in [1.82, 2.24) is 0 Å². The van der Waals surface area contributed by atoms with E-state index < -0.39 is 0 Å². The first kappa shape index (κ1) is 16.4. The van der Waals surface area contributed by atoms with Crippen LogP contribution in [0.3, 0.4) is 0 Å². The van der Waals surface area contributed by atoms with E-state index in [4.69, 9.17) is 10.00 Å². The van der Waals surface area contributed by atoms with Gasteiger partial charge in [0.2, 0.25) is 0 Å². The zero-order valence-electron chi connectivity index (χ0n) is 13.6. The molecule has 0 heterocycles. The molecule has 0 atom stereocenters. The number of rotatable bonds is 6. The van der Waals surface area contributed by atoms with E-state index in [1.165, 1.54) is 44.9 Å². The lowest BCUT2D eigenvalue weighted by Gasteiger charge is -2.36. The molecule has 2 heteroatoms. The summed E-state index contributed by atoms with van der Waals surface area (Å²) in [6.45, 7) is 3.10. The molecule has 0 aromatic rings. The quantitative estimate of drug-likeness (QED) is 0.609. The maximum absolute atomic E-state index is 8.99. The standard InChI is InChI=1S/C19H31NO/c1-2-3-4-13-21-15-17-7-11-19(12-8-17)18-9-5-16(14-20)6-10-18/h4,13,16-19H,2-3,5-12,15H2,1H3/t16-,17-,18-,19-. The Hall–Kier alpha value is -0.970. The molecule has 0 spiro atoms. The Morgan fingerprint density at radius 1 is 1.00 bits per heavy atom. The minimum atomic E-state index is 0.348.